The van der Waals surface area contributed by atoms with Crippen LogP contribution in [0.4, 0.5) is 13.2 Å². The summed E-state index contributed by atoms with van der Waals surface area (Å²) in [6, 6.07) is 21.1. The molecule has 0 saturated heterocycles. The van der Waals surface area contributed by atoms with Crippen LogP contribution in [0, 0.1) is 13.8 Å². The number of hydrogen-bond donors (Lipinski definition) is 1. The average molecular weight is 612 g/mol. The van der Waals surface area contributed by atoms with Crippen LogP contribution in [0.5, 0.6) is 11.5 Å². The highest BCUT2D eigenvalue weighted by atomic mass is 19.4. The van der Waals surface area contributed by atoms with Crippen molar-refractivity contribution >= 4 is 10.9 Å². The Morgan fingerprint density at radius 2 is 1.71 bits per heavy atom. The summed E-state index contributed by atoms with van der Waals surface area (Å²) >= 11 is 0. The SMILES string of the molecule is Cc1cc(-c2n[nH]cc2OCc2ccccc2)c2cccc(OCc3c(C)ccnc3Cn3cccc(C(F)(F)F)c3=O)c2n1. The van der Waals surface area contributed by atoms with Gasteiger partial charge in [-0.1, -0.05) is 42.5 Å². The van der Waals surface area contributed by atoms with Crippen LogP contribution in [0.2, 0.25) is 0 Å². The summed E-state index contributed by atoms with van der Waals surface area (Å²) in [6.07, 6.45) is -0.168. The lowest BCUT2D eigenvalue weighted by Crippen LogP contribution is -2.29. The molecule has 2 aromatic carbocycles. The molecule has 6 aromatic rings. The molecule has 0 fully saturated rings. The first kappa shape index (κ1) is 29.6. The van der Waals surface area contributed by atoms with E-state index < -0.39 is 17.3 Å². The zero-order valence-electron chi connectivity index (χ0n) is 24.4. The Balaban J connectivity index is 1.30. The van der Waals surface area contributed by atoms with E-state index in [4.69, 9.17) is 14.5 Å². The van der Waals surface area contributed by atoms with Gasteiger partial charge in [-0.3, -0.25) is 14.9 Å². The summed E-state index contributed by atoms with van der Waals surface area (Å²) in [4.78, 5) is 21.8. The first-order chi connectivity index (χ1) is 21.7. The lowest BCUT2D eigenvalue weighted by Gasteiger charge is -2.16. The van der Waals surface area contributed by atoms with Crippen molar-refractivity contribution in [2.75, 3.05) is 0 Å². The summed E-state index contributed by atoms with van der Waals surface area (Å²) in [6.45, 7) is 4.03. The molecule has 0 spiro atoms. The van der Waals surface area contributed by atoms with Crippen LogP contribution in [-0.2, 0) is 25.9 Å². The normalized spacial score (nSPS) is 11.6. The van der Waals surface area contributed by atoms with Gasteiger partial charge in [-0.2, -0.15) is 18.3 Å². The maximum Gasteiger partial charge on any atom is 0.421 e. The number of nitrogens with zero attached hydrogens (tertiary/aromatic N) is 4. The molecule has 0 aliphatic heterocycles. The van der Waals surface area contributed by atoms with Crippen molar-refractivity contribution in [3.05, 3.63) is 135 Å². The zero-order chi connectivity index (χ0) is 31.6. The van der Waals surface area contributed by atoms with Gasteiger partial charge in [0.15, 0.2) is 5.75 Å². The van der Waals surface area contributed by atoms with Gasteiger partial charge >= 0.3 is 6.18 Å². The van der Waals surface area contributed by atoms with Gasteiger partial charge in [0.1, 0.15) is 35.7 Å². The Bertz CT molecular complexity index is 2040. The Labute approximate surface area is 256 Å². The van der Waals surface area contributed by atoms with E-state index in [-0.39, 0.29) is 13.2 Å². The van der Waals surface area contributed by atoms with E-state index in [0.29, 0.717) is 40.6 Å². The number of fused-ring (bicyclic) bond motifs is 1. The van der Waals surface area contributed by atoms with Crippen molar-refractivity contribution in [1.29, 1.82) is 0 Å². The van der Waals surface area contributed by atoms with Gasteiger partial charge in [0, 0.05) is 34.6 Å². The van der Waals surface area contributed by atoms with E-state index in [0.717, 1.165) is 38.4 Å². The van der Waals surface area contributed by atoms with E-state index >= 15 is 0 Å². The Hall–Kier alpha value is -5.45. The molecule has 45 heavy (non-hydrogen) atoms. The van der Waals surface area contributed by atoms with Crippen LogP contribution >= 0.6 is 0 Å². The number of aromatic amines is 1. The molecule has 8 nitrogen and oxygen atoms in total. The fourth-order valence-corrected chi connectivity index (χ4v) is 5.15. The van der Waals surface area contributed by atoms with Gasteiger partial charge in [0.25, 0.3) is 5.56 Å². The Morgan fingerprint density at radius 1 is 0.911 bits per heavy atom. The molecule has 0 aliphatic rings. The van der Waals surface area contributed by atoms with Crippen molar-refractivity contribution in [2.24, 2.45) is 0 Å². The highest BCUT2D eigenvalue weighted by Crippen LogP contribution is 2.37. The number of rotatable bonds is 9. The predicted molar refractivity (Wildman–Crippen MR) is 163 cm³/mol. The summed E-state index contributed by atoms with van der Waals surface area (Å²) in [5.41, 5.74) is 3.38. The quantitative estimate of drug-likeness (QED) is 0.189. The first-order valence-corrected chi connectivity index (χ1v) is 14.1. The van der Waals surface area contributed by atoms with Crippen molar-refractivity contribution in [3.8, 4) is 22.8 Å². The number of nitrogens with one attached hydrogen (secondary N) is 1. The van der Waals surface area contributed by atoms with Gasteiger partial charge in [-0.05, 0) is 55.3 Å². The molecule has 11 heteroatoms. The molecule has 1 N–H and O–H groups in total. The van der Waals surface area contributed by atoms with E-state index in [1.165, 1.54) is 12.3 Å². The minimum absolute atomic E-state index is 0.0562. The van der Waals surface area contributed by atoms with Crippen LogP contribution in [0.1, 0.15) is 33.6 Å². The summed E-state index contributed by atoms with van der Waals surface area (Å²) in [5, 5.41) is 8.19. The number of halogens is 3. The number of hydrogen-bond acceptors (Lipinski definition) is 6. The summed E-state index contributed by atoms with van der Waals surface area (Å²) in [5.74, 6) is 1.10. The van der Waals surface area contributed by atoms with E-state index in [1.54, 1.807) is 24.5 Å². The van der Waals surface area contributed by atoms with Crippen LogP contribution in [0.3, 0.4) is 0 Å². The molecule has 6 rings (SSSR count). The highest BCUT2D eigenvalue weighted by Gasteiger charge is 2.34. The average Bonchev–Trinajstić information content (AvgIpc) is 3.49. The molecule has 228 valence electrons. The number of ether oxygens (including phenoxy) is 2. The number of aromatic nitrogens is 5. The maximum absolute atomic E-state index is 13.4. The standard InChI is InChI=1S/C34H28F3N5O3/c1-21-13-14-38-28(18-42-15-7-11-27(33(42)43)34(35,36)37)26(21)20-45-29-12-6-10-24-25(16-22(2)40-31(24)29)32-30(17-39-41-32)44-19-23-8-4-3-5-9-23/h3-17H,18-20H2,1-2H3,(H,39,41). The Morgan fingerprint density at radius 3 is 2.51 bits per heavy atom. The second kappa shape index (κ2) is 12.3. The van der Waals surface area contributed by atoms with E-state index in [9.17, 15) is 18.0 Å². The van der Waals surface area contributed by atoms with E-state index in [2.05, 4.69) is 15.2 Å². The molecule has 0 bridgehead atoms. The number of pyridine rings is 3. The van der Waals surface area contributed by atoms with Crippen LogP contribution in [0.15, 0.2) is 96.2 Å². The fraction of sp³-hybridized carbons (Fsp3) is 0.176. The van der Waals surface area contributed by atoms with Gasteiger partial charge in [0.05, 0.1) is 18.4 Å². The third-order valence-electron chi connectivity index (χ3n) is 7.43. The third-order valence-corrected chi connectivity index (χ3v) is 7.43. The number of alkyl halides is 3. The second-order valence-corrected chi connectivity index (χ2v) is 10.5. The number of H-pyrrole nitrogens is 1. The molecule has 0 amide bonds. The largest absolute Gasteiger partial charge is 0.487 e. The molecule has 4 aromatic heterocycles. The maximum atomic E-state index is 13.4. The molecule has 0 atom stereocenters. The predicted octanol–water partition coefficient (Wildman–Crippen LogP) is 7.02. The molecule has 0 radical (unpaired) electrons. The minimum atomic E-state index is -4.75. The number of benzene rings is 2. The Kier molecular flexibility index (Phi) is 8.08. The molecule has 0 unspecified atom stereocenters. The highest BCUT2D eigenvalue weighted by molar-refractivity contribution is 5.97. The van der Waals surface area contributed by atoms with Crippen LogP contribution < -0.4 is 15.0 Å². The van der Waals surface area contributed by atoms with Gasteiger partial charge in [-0.25, -0.2) is 4.98 Å². The third kappa shape index (κ3) is 6.28. The fourth-order valence-electron chi connectivity index (χ4n) is 5.15. The van der Waals surface area contributed by atoms with Crippen molar-refractivity contribution in [2.45, 2.75) is 39.8 Å². The van der Waals surface area contributed by atoms with Crippen LogP contribution in [-0.4, -0.2) is 24.7 Å². The summed E-state index contributed by atoms with van der Waals surface area (Å²) < 4.78 is 53.5. The first-order valence-electron chi connectivity index (χ1n) is 14.1. The van der Waals surface area contributed by atoms with Crippen molar-refractivity contribution in [1.82, 2.24) is 24.7 Å². The minimum Gasteiger partial charge on any atom is -0.487 e. The summed E-state index contributed by atoms with van der Waals surface area (Å²) in [7, 11) is 0. The molecule has 0 aliphatic carbocycles. The van der Waals surface area contributed by atoms with Crippen LogP contribution in [0.25, 0.3) is 22.2 Å². The smallest absolute Gasteiger partial charge is 0.421 e. The molecule has 0 saturated carbocycles. The van der Waals surface area contributed by atoms with Gasteiger partial charge in [0.2, 0.25) is 0 Å². The van der Waals surface area contributed by atoms with Crippen molar-refractivity contribution in [3.63, 3.8) is 0 Å². The van der Waals surface area contributed by atoms with Gasteiger partial charge in [-0.15, -0.1) is 0 Å². The molecule has 4 heterocycles. The lowest BCUT2D eigenvalue weighted by atomic mass is 10.0. The van der Waals surface area contributed by atoms with Crippen molar-refractivity contribution < 1.29 is 22.6 Å². The zero-order valence-corrected chi connectivity index (χ0v) is 24.4. The van der Waals surface area contributed by atoms with Gasteiger partial charge < -0.3 is 14.0 Å². The monoisotopic (exact) mass is 611 g/mol. The lowest BCUT2D eigenvalue weighted by molar-refractivity contribution is -0.138. The van der Waals surface area contributed by atoms with E-state index in [1.807, 2.05) is 62.4 Å². The number of aryl methyl sites for hydroxylation is 2. The molecular weight excluding hydrogens is 583 g/mol. The number of para-hydroxylation sites is 1. The topological polar surface area (TPSA) is 94.9 Å². The molecular formula is C34H28F3N5O3. The second-order valence-electron chi connectivity index (χ2n) is 10.5.